The Bertz CT molecular complexity index is 1160. The lowest BCUT2D eigenvalue weighted by molar-refractivity contribution is 0.0681. The van der Waals surface area contributed by atoms with Crippen molar-refractivity contribution < 1.29 is 14.6 Å². The van der Waals surface area contributed by atoms with E-state index in [4.69, 9.17) is 9.47 Å². The van der Waals surface area contributed by atoms with Crippen LogP contribution >= 0.6 is 11.8 Å². The molecule has 3 aromatic heterocycles. The minimum atomic E-state index is -0.0733. The summed E-state index contributed by atoms with van der Waals surface area (Å²) in [5.41, 5.74) is 3.59. The molecule has 1 aromatic carbocycles. The van der Waals surface area contributed by atoms with E-state index in [1.165, 1.54) is 12.2 Å². The van der Waals surface area contributed by atoms with Gasteiger partial charge in [-0.1, -0.05) is 12.1 Å². The maximum Gasteiger partial charge on any atom is 0.213 e. The molecule has 0 amide bonds. The van der Waals surface area contributed by atoms with Gasteiger partial charge in [-0.25, -0.2) is 9.67 Å². The minimum Gasteiger partial charge on any atom is -0.473 e. The number of hydrogen-bond acceptors (Lipinski definition) is 7. The monoisotopic (exact) mass is 464 g/mol. The van der Waals surface area contributed by atoms with Crippen molar-refractivity contribution in [1.29, 1.82) is 0 Å². The standard InChI is InChI=1S/C25H28N4O3S/c1-33-11-3-2-10-31-18-29-24(8-9-28-29)21-6-7-25(27-15-21)32-17-19-4-5-20-14-26-23(16-30)13-22(20)12-19/h4-9,12-15,30H,2-3,10-11,16-18H2,1H3. The van der Waals surface area contributed by atoms with E-state index in [2.05, 4.69) is 21.3 Å². The van der Waals surface area contributed by atoms with Crippen LogP contribution in [0.4, 0.5) is 0 Å². The summed E-state index contributed by atoms with van der Waals surface area (Å²) in [6, 6.07) is 13.8. The van der Waals surface area contributed by atoms with Gasteiger partial charge in [-0.05, 0) is 60.1 Å². The SMILES string of the molecule is CSCCCCOCn1nccc1-c1ccc(OCc2ccc3cnc(CO)cc3c2)nc1. The third-order valence-corrected chi connectivity index (χ3v) is 5.94. The Morgan fingerprint density at radius 2 is 1.94 bits per heavy atom. The second-order valence-corrected chi connectivity index (χ2v) is 8.63. The van der Waals surface area contributed by atoms with Crippen molar-refractivity contribution >= 4 is 22.5 Å². The number of aliphatic hydroxyl groups excluding tert-OH is 1. The van der Waals surface area contributed by atoms with Crippen LogP contribution < -0.4 is 4.74 Å². The molecule has 0 bridgehead atoms. The van der Waals surface area contributed by atoms with Gasteiger partial charge in [0.1, 0.15) is 13.3 Å². The number of fused-ring (bicyclic) bond motifs is 1. The summed E-state index contributed by atoms with van der Waals surface area (Å²) in [5.74, 6) is 1.72. The smallest absolute Gasteiger partial charge is 0.213 e. The number of ether oxygens (including phenoxy) is 2. The summed E-state index contributed by atoms with van der Waals surface area (Å²) in [4.78, 5) is 8.67. The number of unbranched alkanes of at least 4 members (excludes halogenated alkanes) is 1. The fourth-order valence-electron chi connectivity index (χ4n) is 3.47. The zero-order valence-electron chi connectivity index (χ0n) is 18.7. The highest BCUT2D eigenvalue weighted by molar-refractivity contribution is 7.98. The Morgan fingerprint density at radius 1 is 1.00 bits per heavy atom. The maximum atomic E-state index is 9.30. The quantitative estimate of drug-likeness (QED) is 0.305. The fraction of sp³-hybridized carbons (Fsp3) is 0.320. The highest BCUT2D eigenvalue weighted by Crippen LogP contribution is 2.22. The first-order valence-electron chi connectivity index (χ1n) is 10.9. The van der Waals surface area contributed by atoms with Crippen LogP contribution in [-0.4, -0.2) is 43.5 Å². The van der Waals surface area contributed by atoms with Crippen LogP contribution in [0.3, 0.4) is 0 Å². The number of aliphatic hydroxyl groups is 1. The van der Waals surface area contributed by atoms with Gasteiger partial charge in [-0.15, -0.1) is 0 Å². The number of rotatable bonds is 12. The Balaban J connectivity index is 1.34. The molecule has 8 heteroatoms. The molecule has 33 heavy (non-hydrogen) atoms. The largest absolute Gasteiger partial charge is 0.473 e. The van der Waals surface area contributed by atoms with Crippen LogP contribution in [0.5, 0.6) is 5.88 Å². The van der Waals surface area contributed by atoms with Gasteiger partial charge in [0.25, 0.3) is 0 Å². The predicted molar refractivity (Wildman–Crippen MR) is 131 cm³/mol. The van der Waals surface area contributed by atoms with Gasteiger partial charge in [0.05, 0.1) is 18.0 Å². The molecule has 0 aliphatic rings. The normalized spacial score (nSPS) is 11.2. The van der Waals surface area contributed by atoms with E-state index < -0.39 is 0 Å². The minimum absolute atomic E-state index is 0.0733. The fourth-order valence-corrected chi connectivity index (χ4v) is 3.96. The lowest BCUT2D eigenvalue weighted by atomic mass is 10.1. The molecule has 0 unspecified atom stereocenters. The lowest BCUT2D eigenvalue weighted by Crippen LogP contribution is -2.07. The van der Waals surface area contributed by atoms with Crippen LogP contribution in [-0.2, 0) is 24.7 Å². The maximum absolute atomic E-state index is 9.30. The average Bonchev–Trinajstić information content (AvgIpc) is 3.33. The van der Waals surface area contributed by atoms with Gasteiger partial charge >= 0.3 is 0 Å². The summed E-state index contributed by atoms with van der Waals surface area (Å²) in [5, 5.41) is 15.7. The van der Waals surface area contributed by atoms with Crippen LogP contribution in [0.25, 0.3) is 22.0 Å². The van der Waals surface area contributed by atoms with Crippen molar-refractivity contribution in [3.05, 3.63) is 72.3 Å². The summed E-state index contributed by atoms with van der Waals surface area (Å²) in [7, 11) is 0. The Morgan fingerprint density at radius 3 is 2.76 bits per heavy atom. The van der Waals surface area contributed by atoms with Gasteiger partial charge < -0.3 is 14.6 Å². The Hall–Kier alpha value is -2.94. The van der Waals surface area contributed by atoms with E-state index in [1.54, 1.807) is 18.6 Å². The second-order valence-electron chi connectivity index (χ2n) is 7.64. The molecule has 0 fully saturated rings. The summed E-state index contributed by atoms with van der Waals surface area (Å²) < 4.78 is 13.5. The molecule has 0 aliphatic carbocycles. The van der Waals surface area contributed by atoms with Gasteiger partial charge in [0.15, 0.2) is 0 Å². The lowest BCUT2D eigenvalue weighted by Gasteiger charge is -2.10. The molecule has 4 aromatic rings. The summed E-state index contributed by atoms with van der Waals surface area (Å²) in [6.45, 7) is 1.49. The van der Waals surface area contributed by atoms with E-state index in [-0.39, 0.29) is 6.61 Å². The first kappa shape index (κ1) is 23.2. The number of benzene rings is 1. The first-order valence-corrected chi connectivity index (χ1v) is 12.3. The zero-order chi connectivity index (χ0) is 22.9. The average molecular weight is 465 g/mol. The Labute approximate surface area is 197 Å². The molecule has 4 rings (SSSR count). The molecule has 0 saturated carbocycles. The highest BCUT2D eigenvalue weighted by atomic mass is 32.2. The second kappa shape index (κ2) is 11.8. The van der Waals surface area contributed by atoms with Gasteiger partial charge in [0, 0.05) is 42.2 Å². The molecule has 0 saturated heterocycles. The van der Waals surface area contributed by atoms with Crippen molar-refractivity contribution in [2.45, 2.75) is 32.8 Å². The third kappa shape index (κ3) is 6.31. The number of thioether (sulfide) groups is 1. The molecular weight excluding hydrogens is 436 g/mol. The summed E-state index contributed by atoms with van der Waals surface area (Å²) >= 11 is 1.86. The van der Waals surface area contributed by atoms with E-state index in [0.717, 1.165) is 40.6 Å². The van der Waals surface area contributed by atoms with E-state index in [9.17, 15) is 5.11 Å². The highest BCUT2D eigenvalue weighted by Gasteiger charge is 2.07. The number of pyridine rings is 2. The molecule has 0 radical (unpaired) electrons. The van der Waals surface area contributed by atoms with Crippen LogP contribution in [0, 0.1) is 0 Å². The van der Waals surface area contributed by atoms with Crippen molar-refractivity contribution in [2.24, 2.45) is 0 Å². The van der Waals surface area contributed by atoms with Crippen molar-refractivity contribution in [3.8, 4) is 17.1 Å². The van der Waals surface area contributed by atoms with E-state index in [1.807, 2.05) is 58.9 Å². The predicted octanol–water partition coefficient (Wildman–Crippen LogP) is 4.68. The van der Waals surface area contributed by atoms with E-state index >= 15 is 0 Å². The molecule has 3 heterocycles. The molecule has 7 nitrogen and oxygen atoms in total. The van der Waals surface area contributed by atoms with Crippen LogP contribution in [0.2, 0.25) is 0 Å². The molecule has 1 N–H and O–H groups in total. The van der Waals surface area contributed by atoms with Gasteiger partial charge in [-0.2, -0.15) is 16.9 Å². The summed E-state index contributed by atoms with van der Waals surface area (Å²) in [6.07, 6.45) is 9.68. The molecule has 0 spiro atoms. The number of aromatic nitrogens is 4. The van der Waals surface area contributed by atoms with Crippen LogP contribution in [0.15, 0.2) is 61.1 Å². The Kier molecular flexibility index (Phi) is 8.30. The van der Waals surface area contributed by atoms with Crippen molar-refractivity contribution in [2.75, 3.05) is 18.6 Å². The van der Waals surface area contributed by atoms with Crippen molar-refractivity contribution in [1.82, 2.24) is 19.7 Å². The first-order chi connectivity index (χ1) is 16.3. The zero-order valence-corrected chi connectivity index (χ0v) is 19.5. The van der Waals surface area contributed by atoms with Crippen LogP contribution in [0.1, 0.15) is 24.1 Å². The number of hydrogen-bond donors (Lipinski definition) is 1. The number of nitrogens with zero attached hydrogens (tertiary/aromatic N) is 4. The molecule has 0 aliphatic heterocycles. The molecule has 172 valence electrons. The third-order valence-electron chi connectivity index (χ3n) is 5.24. The van der Waals surface area contributed by atoms with Gasteiger partial charge in [0.2, 0.25) is 5.88 Å². The van der Waals surface area contributed by atoms with Crippen molar-refractivity contribution in [3.63, 3.8) is 0 Å². The van der Waals surface area contributed by atoms with E-state index in [0.29, 0.717) is 24.9 Å². The molecule has 0 atom stereocenters. The van der Waals surface area contributed by atoms with Gasteiger partial charge in [-0.3, -0.25) is 4.98 Å². The topological polar surface area (TPSA) is 82.3 Å². The molecular formula is C25H28N4O3S.